The molecule has 12 nitrogen and oxygen atoms in total. The van der Waals surface area contributed by atoms with Crippen LogP contribution in [0.4, 0.5) is 0 Å². The predicted molar refractivity (Wildman–Crippen MR) is 251 cm³/mol. The minimum absolute atomic E-state index is 0.00509. The average molecular weight is 907 g/mol. The van der Waals surface area contributed by atoms with Gasteiger partial charge in [0.15, 0.2) is 0 Å². The van der Waals surface area contributed by atoms with E-state index in [0.717, 1.165) is 0 Å². The van der Waals surface area contributed by atoms with Gasteiger partial charge in [0.1, 0.15) is 81.2 Å². The first-order valence-electron chi connectivity index (χ1n) is 21.8. The van der Waals surface area contributed by atoms with Crippen molar-refractivity contribution in [2.24, 2.45) is 0 Å². The summed E-state index contributed by atoms with van der Waals surface area (Å²) in [7, 11) is 0. The molecule has 0 radical (unpaired) electrons. The molecule has 8 aromatic carbocycles. The van der Waals surface area contributed by atoms with Crippen LogP contribution in [0.15, 0.2) is 146 Å². The molecule has 0 aromatic heterocycles. The Labute approximate surface area is 388 Å². The van der Waals surface area contributed by atoms with Gasteiger partial charge in [-0.2, -0.15) is 0 Å². The van der Waals surface area contributed by atoms with Crippen LogP contribution in [0.3, 0.4) is 0 Å². The van der Waals surface area contributed by atoms with E-state index in [4.69, 9.17) is 9.47 Å². The van der Waals surface area contributed by atoms with E-state index in [2.05, 4.69) is 0 Å². The van der Waals surface area contributed by atoms with Crippen molar-refractivity contribution in [3.8, 4) is 69.0 Å². The van der Waals surface area contributed by atoms with Crippen LogP contribution in [0.2, 0.25) is 0 Å². The third kappa shape index (κ3) is 7.10. The minimum Gasteiger partial charge on any atom is -0.508 e. The van der Waals surface area contributed by atoms with Gasteiger partial charge in [0, 0.05) is 58.4 Å². The molecule has 338 valence electrons. The van der Waals surface area contributed by atoms with Gasteiger partial charge in [-0.1, -0.05) is 54.6 Å². The van der Waals surface area contributed by atoms with Gasteiger partial charge in [0.25, 0.3) is 0 Å². The predicted octanol–water partition coefficient (Wildman–Crippen LogP) is 10.7. The summed E-state index contributed by atoms with van der Waals surface area (Å²) in [4.78, 5) is 0. The fourth-order valence-electron chi connectivity index (χ4n) is 10.6. The lowest BCUT2D eigenvalue weighted by Crippen LogP contribution is -2.16. The summed E-state index contributed by atoms with van der Waals surface area (Å²) in [5.41, 5.74) is 6.91. The van der Waals surface area contributed by atoms with E-state index < -0.39 is 35.9 Å². The molecule has 0 amide bonds. The van der Waals surface area contributed by atoms with E-state index >= 15 is 0 Å². The highest BCUT2D eigenvalue weighted by molar-refractivity contribution is 5.77. The Morgan fingerprint density at radius 2 is 0.809 bits per heavy atom. The van der Waals surface area contributed by atoms with Gasteiger partial charge in [-0.15, -0.1) is 0 Å². The molecule has 8 aromatic rings. The number of benzene rings is 8. The van der Waals surface area contributed by atoms with Gasteiger partial charge in [0.2, 0.25) is 0 Å². The van der Waals surface area contributed by atoms with Crippen LogP contribution in [0.5, 0.6) is 69.0 Å². The Kier molecular flexibility index (Phi) is 9.78. The van der Waals surface area contributed by atoms with Crippen LogP contribution in [-0.2, 0) is 0 Å². The zero-order chi connectivity index (χ0) is 47.1. The number of phenols is 10. The van der Waals surface area contributed by atoms with Crippen molar-refractivity contribution >= 4 is 12.2 Å². The number of fused-ring (bicyclic) bond motifs is 3. The minimum atomic E-state index is -0.859. The smallest absolute Gasteiger partial charge is 0.135 e. The molecule has 68 heavy (non-hydrogen) atoms. The lowest BCUT2D eigenvalue weighted by Gasteiger charge is -2.31. The van der Waals surface area contributed by atoms with Crippen molar-refractivity contribution < 1.29 is 60.5 Å². The maximum absolute atomic E-state index is 12.1. The molecule has 3 aliphatic rings. The van der Waals surface area contributed by atoms with Crippen LogP contribution in [-0.4, -0.2) is 51.1 Å². The monoisotopic (exact) mass is 906 g/mol. The molecule has 0 spiro atoms. The van der Waals surface area contributed by atoms with Crippen molar-refractivity contribution in [2.75, 3.05) is 0 Å². The second-order valence-electron chi connectivity index (χ2n) is 17.6. The molecule has 0 saturated heterocycles. The zero-order valence-electron chi connectivity index (χ0n) is 35.8. The first kappa shape index (κ1) is 41.8. The van der Waals surface area contributed by atoms with Gasteiger partial charge in [-0.25, -0.2) is 0 Å². The molecule has 6 atom stereocenters. The van der Waals surface area contributed by atoms with Crippen molar-refractivity contribution in [1.82, 2.24) is 0 Å². The number of ether oxygens (including phenoxy) is 2. The summed E-state index contributed by atoms with van der Waals surface area (Å²) < 4.78 is 13.2. The SMILES string of the molecule is Oc1ccc(C2Oc3cc(O)cc(/C=C/c4ccc(O)c(C5c6cc(O)cc7c6C(c6cc(O)cc(O)c6C5c5ccc(O)cc5)C(c5ccc(O)cc5)O7)c4)c3C2c2cc(O)cc(O)c2)cc1. The molecule has 0 saturated carbocycles. The summed E-state index contributed by atoms with van der Waals surface area (Å²) in [5.74, 6) is -3.17. The van der Waals surface area contributed by atoms with Gasteiger partial charge >= 0.3 is 0 Å². The molecular formula is C56H42O12. The van der Waals surface area contributed by atoms with Crippen LogP contribution >= 0.6 is 0 Å². The molecule has 0 bridgehead atoms. The second-order valence-corrected chi connectivity index (χ2v) is 17.6. The van der Waals surface area contributed by atoms with E-state index in [0.29, 0.717) is 78.3 Å². The molecule has 2 aliphatic heterocycles. The molecule has 0 fully saturated rings. The zero-order valence-corrected chi connectivity index (χ0v) is 35.8. The van der Waals surface area contributed by atoms with E-state index in [1.54, 1.807) is 97.1 Å². The third-order valence-corrected chi connectivity index (χ3v) is 13.4. The molecule has 6 unspecified atom stereocenters. The highest BCUT2D eigenvalue weighted by Gasteiger charge is 2.48. The molecule has 10 N–H and O–H groups in total. The topological polar surface area (TPSA) is 221 Å². The number of aromatic hydroxyl groups is 10. The molecule has 11 rings (SSSR count). The first-order valence-corrected chi connectivity index (χ1v) is 21.8. The number of phenolic OH excluding ortho intramolecular Hbond substituents is 10. The molecule has 2 heterocycles. The molecule has 1 aliphatic carbocycles. The maximum atomic E-state index is 12.1. The Balaban J connectivity index is 1.10. The number of rotatable bonds is 7. The van der Waals surface area contributed by atoms with E-state index in [-0.39, 0.29) is 57.5 Å². The van der Waals surface area contributed by atoms with Gasteiger partial charge in [-0.3, -0.25) is 0 Å². The summed E-state index contributed by atoms with van der Waals surface area (Å²) in [5, 5.41) is 110. The average Bonchev–Trinajstić information content (AvgIpc) is 3.84. The van der Waals surface area contributed by atoms with Crippen LogP contribution < -0.4 is 9.47 Å². The number of hydrogen-bond acceptors (Lipinski definition) is 12. The Morgan fingerprint density at radius 3 is 1.41 bits per heavy atom. The highest BCUT2D eigenvalue weighted by Crippen LogP contribution is 2.63. The second kappa shape index (κ2) is 15.9. The van der Waals surface area contributed by atoms with Crippen LogP contribution in [0.25, 0.3) is 12.2 Å². The van der Waals surface area contributed by atoms with Crippen LogP contribution in [0.1, 0.15) is 103 Å². The third-order valence-electron chi connectivity index (χ3n) is 13.4. The van der Waals surface area contributed by atoms with Gasteiger partial charge < -0.3 is 60.5 Å². The van der Waals surface area contributed by atoms with Crippen LogP contribution in [0, 0.1) is 0 Å². The van der Waals surface area contributed by atoms with E-state index in [1.165, 1.54) is 60.7 Å². The largest absolute Gasteiger partial charge is 0.508 e. The fourth-order valence-corrected chi connectivity index (χ4v) is 10.6. The van der Waals surface area contributed by atoms with Gasteiger partial charge in [-0.05, 0) is 123 Å². The molecule has 12 heteroatoms. The van der Waals surface area contributed by atoms with Crippen molar-refractivity contribution in [3.05, 3.63) is 212 Å². The van der Waals surface area contributed by atoms with E-state index in [1.807, 2.05) is 0 Å². The van der Waals surface area contributed by atoms with Crippen molar-refractivity contribution in [2.45, 2.75) is 35.9 Å². The van der Waals surface area contributed by atoms with Crippen molar-refractivity contribution in [1.29, 1.82) is 0 Å². The lowest BCUT2D eigenvalue weighted by atomic mass is 9.72. The fraction of sp³-hybridized carbons (Fsp3) is 0.107. The Morgan fingerprint density at radius 1 is 0.309 bits per heavy atom. The Hall–Kier alpha value is -8.90. The number of hydrogen-bond donors (Lipinski definition) is 10. The summed E-state index contributed by atoms with van der Waals surface area (Å²) in [6.45, 7) is 0. The highest BCUT2D eigenvalue weighted by atomic mass is 16.5. The molecular weight excluding hydrogens is 865 g/mol. The summed E-state index contributed by atoms with van der Waals surface area (Å²) >= 11 is 0. The Bertz CT molecular complexity index is 3310. The normalized spacial score (nSPS) is 19.9. The lowest BCUT2D eigenvalue weighted by molar-refractivity contribution is 0.221. The standard InChI is InChI=1S/C56H42O12/c57-33-10-4-28(5-11-33)49-51(42-23-40(64)26-47-53(42)54(43-22-39(63)24-45(66)52(43)49)56(68-47)30-8-14-35(59)15-9-30)41-17-27(2-16-44(41)65)1-3-31-18-38(62)25-46-48(31)50(32-19-36(60)21-37(61)20-32)55(67-46)29-6-12-34(58)13-7-29/h1-26,49-51,54-66H/b3-1+. The summed E-state index contributed by atoms with van der Waals surface area (Å²) in [6, 6.07) is 38.0. The van der Waals surface area contributed by atoms with Gasteiger partial charge in [0.05, 0.1) is 11.8 Å². The quantitative estimate of drug-likeness (QED) is 0.0675. The van der Waals surface area contributed by atoms with E-state index in [9.17, 15) is 51.1 Å². The van der Waals surface area contributed by atoms with Crippen molar-refractivity contribution in [3.63, 3.8) is 0 Å². The maximum Gasteiger partial charge on any atom is 0.135 e. The first-order chi connectivity index (χ1) is 32.8. The summed E-state index contributed by atoms with van der Waals surface area (Å²) in [6.07, 6.45) is 2.15.